The van der Waals surface area contributed by atoms with Crippen molar-refractivity contribution < 1.29 is 16.8 Å². The molecule has 0 amide bonds. The van der Waals surface area contributed by atoms with Gasteiger partial charge in [-0.1, -0.05) is 11.6 Å². The summed E-state index contributed by atoms with van der Waals surface area (Å²) in [6, 6.07) is 4.92. The predicted molar refractivity (Wildman–Crippen MR) is 76.6 cm³/mol. The maximum Gasteiger partial charge on any atom is 0.261 e. The zero-order chi connectivity index (χ0) is 15.0. The van der Waals surface area contributed by atoms with E-state index in [0.29, 0.717) is 19.5 Å². The normalized spacial score (nSPS) is 17.8. The van der Waals surface area contributed by atoms with Crippen LogP contribution in [-0.4, -0.2) is 34.2 Å². The molecule has 0 bridgehead atoms. The SMILES string of the molecule is CC1=CCCN(S(=O)(=O)c2ccc(S(=O)(=O)Cl)cc2)C1. The Balaban J connectivity index is 2.33. The van der Waals surface area contributed by atoms with Crippen molar-refractivity contribution in [2.24, 2.45) is 0 Å². The molecule has 20 heavy (non-hydrogen) atoms. The second kappa shape index (κ2) is 5.48. The number of halogens is 1. The molecule has 0 aromatic heterocycles. The number of hydrogen-bond donors (Lipinski definition) is 0. The molecule has 0 unspecified atom stereocenters. The van der Waals surface area contributed by atoms with Gasteiger partial charge in [-0.2, -0.15) is 4.31 Å². The Morgan fingerprint density at radius 1 is 1.05 bits per heavy atom. The molecule has 5 nitrogen and oxygen atoms in total. The summed E-state index contributed by atoms with van der Waals surface area (Å²) in [4.78, 5) is -0.0518. The summed E-state index contributed by atoms with van der Waals surface area (Å²) in [6.45, 7) is 2.66. The van der Waals surface area contributed by atoms with Crippen LogP contribution in [0, 0.1) is 0 Å². The molecule has 2 rings (SSSR count). The zero-order valence-electron chi connectivity index (χ0n) is 10.8. The first-order chi connectivity index (χ1) is 9.21. The van der Waals surface area contributed by atoms with Crippen LogP contribution in [0.1, 0.15) is 13.3 Å². The third-order valence-electron chi connectivity index (χ3n) is 3.04. The highest BCUT2D eigenvalue weighted by Crippen LogP contribution is 2.22. The van der Waals surface area contributed by atoms with E-state index in [1.54, 1.807) is 0 Å². The van der Waals surface area contributed by atoms with Gasteiger partial charge < -0.3 is 0 Å². The highest BCUT2D eigenvalue weighted by Gasteiger charge is 2.26. The topological polar surface area (TPSA) is 71.5 Å². The van der Waals surface area contributed by atoms with Crippen molar-refractivity contribution in [2.75, 3.05) is 13.1 Å². The minimum absolute atomic E-state index is 0.0660. The van der Waals surface area contributed by atoms with Gasteiger partial charge in [-0.25, -0.2) is 16.8 Å². The molecule has 0 atom stereocenters. The van der Waals surface area contributed by atoms with E-state index in [2.05, 4.69) is 0 Å². The molecule has 1 heterocycles. The molecule has 1 aromatic carbocycles. The molecule has 0 saturated heterocycles. The summed E-state index contributed by atoms with van der Waals surface area (Å²) in [7, 11) is -2.25. The van der Waals surface area contributed by atoms with Crippen LogP contribution in [0.3, 0.4) is 0 Å². The van der Waals surface area contributed by atoms with Gasteiger partial charge in [-0.15, -0.1) is 0 Å². The monoisotopic (exact) mass is 335 g/mol. The summed E-state index contributed by atoms with van der Waals surface area (Å²) < 4.78 is 48.5. The van der Waals surface area contributed by atoms with Gasteiger partial charge in [0.2, 0.25) is 10.0 Å². The first-order valence-corrected chi connectivity index (χ1v) is 9.67. The van der Waals surface area contributed by atoms with Crippen LogP contribution in [0.5, 0.6) is 0 Å². The van der Waals surface area contributed by atoms with Gasteiger partial charge in [0, 0.05) is 23.8 Å². The fourth-order valence-electron chi connectivity index (χ4n) is 2.01. The predicted octanol–water partition coefficient (Wildman–Crippen LogP) is 1.95. The quantitative estimate of drug-likeness (QED) is 0.625. The second-order valence-corrected chi connectivity index (χ2v) is 9.09. The molecule has 0 saturated carbocycles. The van der Waals surface area contributed by atoms with E-state index in [-0.39, 0.29) is 9.79 Å². The van der Waals surface area contributed by atoms with Crippen molar-refractivity contribution >= 4 is 29.8 Å². The fourth-order valence-corrected chi connectivity index (χ4v) is 4.27. The molecule has 0 radical (unpaired) electrons. The Morgan fingerprint density at radius 2 is 1.60 bits per heavy atom. The van der Waals surface area contributed by atoms with Crippen LogP contribution < -0.4 is 0 Å². The lowest BCUT2D eigenvalue weighted by Crippen LogP contribution is -2.35. The molecule has 1 aromatic rings. The number of benzene rings is 1. The third-order valence-corrected chi connectivity index (χ3v) is 6.27. The van der Waals surface area contributed by atoms with E-state index < -0.39 is 19.1 Å². The molecular weight excluding hydrogens is 322 g/mol. The molecule has 0 fully saturated rings. The van der Waals surface area contributed by atoms with Gasteiger partial charge in [0.15, 0.2) is 0 Å². The summed E-state index contributed by atoms with van der Waals surface area (Å²) in [5.41, 5.74) is 1.000. The summed E-state index contributed by atoms with van der Waals surface area (Å²) in [6.07, 6.45) is 2.69. The minimum atomic E-state index is -3.84. The third kappa shape index (κ3) is 3.22. The average Bonchev–Trinajstić information content (AvgIpc) is 2.38. The minimum Gasteiger partial charge on any atom is -0.207 e. The number of rotatable bonds is 3. The Hall–Kier alpha value is -0.890. The summed E-state index contributed by atoms with van der Waals surface area (Å²) in [5.74, 6) is 0. The van der Waals surface area contributed by atoms with Gasteiger partial charge in [-0.05, 0) is 37.6 Å². The van der Waals surface area contributed by atoms with Crippen LogP contribution in [-0.2, 0) is 19.1 Å². The largest absolute Gasteiger partial charge is 0.261 e. The highest BCUT2D eigenvalue weighted by molar-refractivity contribution is 8.13. The lowest BCUT2D eigenvalue weighted by atomic mass is 10.2. The van der Waals surface area contributed by atoms with Gasteiger partial charge in [0.25, 0.3) is 9.05 Å². The Kier molecular flexibility index (Phi) is 4.24. The first-order valence-electron chi connectivity index (χ1n) is 5.92. The number of sulfonamides is 1. The first kappa shape index (κ1) is 15.5. The molecular formula is C12H14ClNO4S2. The molecule has 1 aliphatic rings. The van der Waals surface area contributed by atoms with Crippen molar-refractivity contribution in [1.29, 1.82) is 0 Å². The Morgan fingerprint density at radius 3 is 2.10 bits per heavy atom. The van der Waals surface area contributed by atoms with Gasteiger partial charge >= 0.3 is 0 Å². The van der Waals surface area contributed by atoms with E-state index in [0.717, 1.165) is 5.57 Å². The van der Waals surface area contributed by atoms with Crippen molar-refractivity contribution in [3.63, 3.8) is 0 Å². The second-order valence-electron chi connectivity index (χ2n) is 4.59. The molecule has 1 aliphatic heterocycles. The number of nitrogens with zero attached hydrogens (tertiary/aromatic N) is 1. The van der Waals surface area contributed by atoms with E-state index >= 15 is 0 Å². The lowest BCUT2D eigenvalue weighted by molar-refractivity contribution is 0.428. The van der Waals surface area contributed by atoms with Crippen LogP contribution in [0.4, 0.5) is 0 Å². The van der Waals surface area contributed by atoms with Crippen molar-refractivity contribution in [3.05, 3.63) is 35.9 Å². The highest BCUT2D eigenvalue weighted by atomic mass is 35.7. The van der Waals surface area contributed by atoms with Gasteiger partial charge in [-0.3, -0.25) is 0 Å². The van der Waals surface area contributed by atoms with Gasteiger partial charge in [0.05, 0.1) is 9.79 Å². The fraction of sp³-hybridized carbons (Fsp3) is 0.333. The van der Waals surface area contributed by atoms with E-state index in [1.165, 1.54) is 28.6 Å². The maximum absolute atomic E-state index is 12.4. The van der Waals surface area contributed by atoms with Gasteiger partial charge in [0.1, 0.15) is 0 Å². The van der Waals surface area contributed by atoms with E-state index in [9.17, 15) is 16.8 Å². The maximum atomic E-state index is 12.4. The van der Waals surface area contributed by atoms with Crippen molar-refractivity contribution in [3.8, 4) is 0 Å². The van der Waals surface area contributed by atoms with E-state index in [4.69, 9.17) is 10.7 Å². The molecule has 8 heteroatoms. The van der Waals surface area contributed by atoms with Crippen LogP contribution in [0.25, 0.3) is 0 Å². The van der Waals surface area contributed by atoms with Crippen molar-refractivity contribution in [2.45, 2.75) is 23.1 Å². The average molecular weight is 336 g/mol. The van der Waals surface area contributed by atoms with Crippen LogP contribution >= 0.6 is 10.7 Å². The van der Waals surface area contributed by atoms with E-state index in [1.807, 2.05) is 13.0 Å². The summed E-state index contributed by atoms with van der Waals surface area (Å²) >= 11 is 0. The lowest BCUT2D eigenvalue weighted by Gasteiger charge is -2.25. The Bertz CT molecular complexity index is 736. The van der Waals surface area contributed by atoms with Crippen molar-refractivity contribution in [1.82, 2.24) is 4.31 Å². The summed E-state index contributed by atoms with van der Waals surface area (Å²) in [5, 5.41) is 0. The Labute approximate surface area is 123 Å². The molecule has 0 N–H and O–H groups in total. The smallest absolute Gasteiger partial charge is 0.207 e. The molecule has 0 spiro atoms. The standard InChI is InChI=1S/C12H14ClNO4S2/c1-10-3-2-8-14(9-10)20(17,18)12-6-4-11(5-7-12)19(13,15)16/h3-7H,2,8-9H2,1H3. The van der Waals surface area contributed by atoms with Crippen LogP contribution in [0.2, 0.25) is 0 Å². The molecule has 110 valence electrons. The molecule has 0 aliphatic carbocycles. The van der Waals surface area contributed by atoms with Crippen LogP contribution in [0.15, 0.2) is 45.7 Å². The number of hydrogen-bond acceptors (Lipinski definition) is 4. The zero-order valence-corrected chi connectivity index (χ0v) is 13.2.